The molecule has 0 aliphatic carbocycles. The van der Waals surface area contributed by atoms with E-state index in [9.17, 15) is 9.18 Å². The number of nitrogens with zero attached hydrogens (tertiary/aromatic N) is 3. The third-order valence-corrected chi connectivity index (χ3v) is 3.88. The molecule has 6 heteroatoms. The normalized spacial score (nSPS) is 17.0. The van der Waals surface area contributed by atoms with Crippen molar-refractivity contribution in [3.05, 3.63) is 60.3 Å². The molecule has 0 N–H and O–H groups in total. The number of benzene rings is 1. The van der Waals surface area contributed by atoms with Crippen LogP contribution in [0.4, 0.5) is 10.1 Å². The molecular formula is C17H14FN3O2. The van der Waals surface area contributed by atoms with Gasteiger partial charge in [0.2, 0.25) is 0 Å². The van der Waals surface area contributed by atoms with Crippen molar-refractivity contribution in [2.24, 2.45) is 0 Å². The van der Waals surface area contributed by atoms with E-state index >= 15 is 0 Å². The highest BCUT2D eigenvalue weighted by molar-refractivity contribution is 6.07. The Kier molecular flexibility index (Phi) is 3.04. The number of para-hydroxylation sites is 1. The van der Waals surface area contributed by atoms with Gasteiger partial charge in [-0.1, -0.05) is 6.07 Å². The Hall–Kier alpha value is -2.89. The van der Waals surface area contributed by atoms with Crippen molar-refractivity contribution in [3.63, 3.8) is 0 Å². The molecule has 1 atom stereocenters. The minimum absolute atomic E-state index is 0.128. The molecule has 0 radical (unpaired) electrons. The van der Waals surface area contributed by atoms with Gasteiger partial charge in [0.1, 0.15) is 11.8 Å². The lowest BCUT2D eigenvalue weighted by atomic mass is 10.1. The number of amides is 1. The fourth-order valence-electron chi connectivity index (χ4n) is 2.82. The molecule has 1 aliphatic heterocycles. The van der Waals surface area contributed by atoms with Crippen LogP contribution < -0.4 is 9.64 Å². The quantitative estimate of drug-likeness (QED) is 0.694. The van der Waals surface area contributed by atoms with Crippen molar-refractivity contribution >= 4 is 17.2 Å². The lowest BCUT2D eigenvalue weighted by molar-refractivity contribution is 0.0958. The average Bonchev–Trinajstić information content (AvgIpc) is 3.02. The van der Waals surface area contributed by atoms with Gasteiger partial charge in [0.25, 0.3) is 5.91 Å². The second-order valence-corrected chi connectivity index (χ2v) is 5.54. The van der Waals surface area contributed by atoms with Crippen molar-refractivity contribution in [1.82, 2.24) is 9.38 Å². The lowest BCUT2D eigenvalue weighted by Gasteiger charge is -2.33. The number of anilines is 1. The van der Waals surface area contributed by atoms with Crippen LogP contribution in [0.2, 0.25) is 0 Å². The number of carbonyl (C=O) groups excluding carboxylic acids is 1. The standard InChI is InChI=1S/C17H14FN3O2/c1-11-9-21(14-4-2-3-13(18)16(14)23-11)17(22)12-5-6-15-19-7-8-20(15)10-12/h2-8,10-11H,9H2,1H3. The number of rotatable bonds is 1. The maximum Gasteiger partial charge on any atom is 0.260 e. The van der Waals surface area contributed by atoms with E-state index < -0.39 is 5.82 Å². The fourth-order valence-corrected chi connectivity index (χ4v) is 2.82. The van der Waals surface area contributed by atoms with E-state index in [-0.39, 0.29) is 17.8 Å². The third-order valence-electron chi connectivity index (χ3n) is 3.88. The molecule has 23 heavy (non-hydrogen) atoms. The maximum absolute atomic E-state index is 14.0. The summed E-state index contributed by atoms with van der Waals surface area (Å²) in [5, 5.41) is 0. The number of aromatic nitrogens is 2. The van der Waals surface area contributed by atoms with Crippen molar-refractivity contribution in [2.75, 3.05) is 11.4 Å². The highest BCUT2D eigenvalue weighted by atomic mass is 19.1. The Morgan fingerprint density at radius 1 is 1.35 bits per heavy atom. The zero-order chi connectivity index (χ0) is 16.0. The van der Waals surface area contributed by atoms with E-state index in [2.05, 4.69) is 4.98 Å². The Morgan fingerprint density at radius 3 is 3.09 bits per heavy atom. The number of hydrogen-bond acceptors (Lipinski definition) is 3. The number of pyridine rings is 1. The van der Waals surface area contributed by atoms with Gasteiger partial charge in [-0.3, -0.25) is 4.79 Å². The van der Waals surface area contributed by atoms with E-state index in [4.69, 9.17) is 4.74 Å². The molecule has 5 nitrogen and oxygen atoms in total. The summed E-state index contributed by atoms with van der Waals surface area (Å²) in [6.45, 7) is 2.19. The van der Waals surface area contributed by atoms with Gasteiger partial charge in [-0.2, -0.15) is 0 Å². The molecule has 2 aromatic heterocycles. The van der Waals surface area contributed by atoms with Crippen LogP contribution in [0.1, 0.15) is 17.3 Å². The van der Waals surface area contributed by atoms with E-state index in [1.165, 1.54) is 6.07 Å². The van der Waals surface area contributed by atoms with Crippen molar-refractivity contribution < 1.29 is 13.9 Å². The molecule has 0 saturated heterocycles. The second-order valence-electron chi connectivity index (χ2n) is 5.54. The first-order chi connectivity index (χ1) is 11.1. The van der Waals surface area contributed by atoms with Crippen LogP contribution in [0.5, 0.6) is 5.75 Å². The topological polar surface area (TPSA) is 46.8 Å². The van der Waals surface area contributed by atoms with Gasteiger partial charge < -0.3 is 14.0 Å². The summed E-state index contributed by atoms with van der Waals surface area (Å²) < 4.78 is 21.3. The molecule has 0 fully saturated rings. The molecule has 0 saturated carbocycles. The van der Waals surface area contributed by atoms with Crippen LogP contribution in [-0.2, 0) is 0 Å². The van der Waals surface area contributed by atoms with Gasteiger partial charge in [0.15, 0.2) is 11.6 Å². The van der Waals surface area contributed by atoms with E-state index in [0.29, 0.717) is 17.8 Å². The Morgan fingerprint density at radius 2 is 2.22 bits per heavy atom. The first-order valence-corrected chi connectivity index (χ1v) is 7.33. The molecule has 3 heterocycles. The number of halogens is 1. The molecule has 0 spiro atoms. The largest absolute Gasteiger partial charge is 0.484 e. The first-order valence-electron chi connectivity index (χ1n) is 7.33. The molecule has 1 aliphatic rings. The Balaban J connectivity index is 1.77. The zero-order valence-electron chi connectivity index (χ0n) is 12.4. The monoisotopic (exact) mass is 311 g/mol. The number of ether oxygens (including phenoxy) is 1. The second kappa shape index (κ2) is 5.08. The maximum atomic E-state index is 14.0. The number of imidazole rings is 1. The van der Waals surface area contributed by atoms with Crippen LogP contribution in [-0.4, -0.2) is 27.9 Å². The van der Waals surface area contributed by atoms with Crippen molar-refractivity contribution in [3.8, 4) is 5.75 Å². The van der Waals surface area contributed by atoms with E-state index in [0.717, 1.165) is 5.65 Å². The molecule has 1 aromatic carbocycles. The van der Waals surface area contributed by atoms with Gasteiger partial charge >= 0.3 is 0 Å². The number of carbonyl (C=O) groups is 1. The van der Waals surface area contributed by atoms with Crippen molar-refractivity contribution in [2.45, 2.75) is 13.0 Å². The Labute approximate surface area is 131 Å². The predicted molar refractivity (Wildman–Crippen MR) is 83.4 cm³/mol. The summed E-state index contributed by atoms with van der Waals surface area (Å²) in [7, 11) is 0. The summed E-state index contributed by atoms with van der Waals surface area (Å²) in [4.78, 5) is 18.6. The summed E-state index contributed by atoms with van der Waals surface area (Å²) >= 11 is 0. The highest BCUT2D eigenvalue weighted by Gasteiger charge is 2.30. The number of fused-ring (bicyclic) bond motifs is 2. The van der Waals surface area contributed by atoms with Crippen LogP contribution in [0.15, 0.2) is 48.9 Å². The van der Waals surface area contributed by atoms with Crippen LogP contribution in [0.3, 0.4) is 0 Å². The van der Waals surface area contributed by atoms with Gasteiger partial charge in [0, 0.05) is 18.6 Å². The van der Waals surface area contributed by atoms with E-state index in [1.807, 2.05) is 6.92 Å². The minimum atomic E-state index is -0.461. The first kappa shape index (κ1) is 13.8. The van der Waals surface area contributed by atoms with Gasteiger partial charge in [-0.15, -0.1) is 0 Å². The molecule has 116 valence electrons. The molecule has 1 amide bonds. The van der Waals surface area contributed by atoms with Gasteiger partial charge in [-0.05, 0) is 31.2 Å². The predicted octanol–water partition coefficient (Wildman–Crippen LogP) is 2.90. The highest BCUT2D eigenvalue weighted by Crippen LogP contribution is 2.36. The SMILES string of the molecule is CC1CN(C(=O)c2ccc3nccn3c2)c2cccc(F)c2O1. The van der Waals surface area contributed by atoms with E-state index in [1.54, 1.807) is 52.2 Å². The minimum Gasteiger partial charge on any atom is -0.484 e. The average molecular weight is 311 g/mol. The van der Waals surface area contributed by atoms with Crippen LogP contribution in [0.25, 0.3) is 5.65 Å². The number of hydrogen-bond donors (Lipinski definition) is 0. The zero-order valence-corrected chi connectivity index (χ0v) is 12.4. The molecule has 0 bridgehead atoms. The molecule has 1 unspecified atom stereocenters. The van der Waals surface area contributed by atoms with Crippen LogP contribution >= 0.6 is 0 Å². The third kappa shape index (κ3) is 2.23. The van der Waals surface area contributed by atoms with Crippen LogP contribution in [0, 0.1) is 5.82 Å². The van der Waals surface area contributed by atoms with Crippen molar-refractivity contribution in [1.29, 1.82) is 0 Å². The summed E-state index contributed by atoms with van der Waals surface area (Å²) in [6.07, 6.45) is 4.90. The molecule has 3 aromatic rings. The summed E-state index contributed by atoms with van der Waals surface area (Å²) in [6, 6.07) is 8.11. The van der Waals surface area contributed by atoms with Gasteiger partial charge in [0.05, 0.1) is 17.8 Å². The molecular weight excluding hydrogens is 297 g/mol. The lowest BCUT2D eigenvalue weighted by Crippen LogP contribution is -2.42. The van der Waals surface area contributed by atoms with Gasteiger partial charge in [-0.25, -0.2) is 9.37 Å². The Bertz CT molecular complexity index is 906. The molecule has 4 rings (SSSR count). The summed E-state index contributed by atoms with van der Waals surface area (Å²) in [5.41, 5.74) is 1.74. The summed E-state index contributed by atoms with van der Waals surface area (Å²) in [5.74, 6) is -0.525. The fraction of sp³-hybridized carbons (Fsp3) is 0.176. The smallest absolute Gasteiger partial charge is 0.260 e.